The normalized spacial score (nSPS) is 10.3. The van der Waals surface area contributed by atoms with Crippen molar-refractivity contribution in [2.45, 2.75) is 13.3 Å². The van der Waals surface area contributed by atoms with Crippen molar-refractivity contribution in [1.29, 1.82) is 0 Å². The van der Waals surface area contributed by atoms with Crippen LogP contribution in [0.3, 0.4) is 0 Å². The summed E-state index contributed by atoms with van der Waals surface area (Å²) in [5, 5.41) is 14.5. The van der Waals surface area contributed by atoms with Gasteiger partial charge in [0.2, 0.25) is 11.7 Å². The molecule has 0 atom stereocenters. The number of benzene rings is 2. The lowest BCUT2D eigenvalue weighted by atomic mass is 10.1. The minimum Gasteiger partial charge on any atom is -0.493 e. The third-order valence-electron chi connectivity index (χ3n) is 4.14. The van der Waals surface area contributed by atoms with E-state index in [1.165, 1.54) is 5.56 Å². The van der Waals surface area contributed by atoms with Crippen LogP contribution >= 0.6 is 0 Å². The van der Waals surface area contributed by atoms with Gasteiger partial charge in [-0.2, -0.15) is 10.1 Å². The first-order valence-electron chi connectivity index (χ1n) is 8.80. The number of hydrogen-bond donors (Lipinski definition) is 2. The molecule has 2 N–H and O–H groups in total. The number of aryl methyl sites for hydroxylation is 1. The first-order chi connectivity index (χ1) is 13.7. The molecular formula is C20H23N5O3. The summed E-state index contributed by atoms with van der Waals surface area (Å²) in [6, 6.07) is 11.6. The predicted molar refractivity (Wildman–Crippen MR) is 108 cm³/mol. The Labute approximate surface area is 163 Å². The summed E-state index contributed by atoms with van der Waals surface area (Å²) in [7, 11) is 4.70. The largest absolute Gasteiger partial charge is 0.493 e. The van der Waals surface area contributed by atoms with Gasteiger partial charge in [-0.15, -0.1) is 5.10 Å². The Kier molecular flexibility index (Phi) is 6.11. The summed E-state index contributed by atoms with van der Waals surface area (Å²) >= 11 is 0. The number of aromatic nitrogens is 3. The highest BCUT2D eigenvalue weighted by Crippen LogP contribution is 2.40. The Morgan fingerprint density at radius 2 is 1.64 bits per heavy atom. The molecule has 0 radical (unpaired) electrons. The van der Waals surface area contributed by atoms with Crippen LogP contribution in [-0.2, 0) is 6.42 Å². The lowest BCUT2D eigenvalue weighted by Crippen LogP contribution is -2.04. The number of nitrogens with one attached hydrogen (secondary N) is 2. The van der Waals surface area contributed by atoms with Crippen molar-refractivity contribution < 1.29 is 14.2 Å². The first kappa shape index (κ1) is 19.2. The van der Waals surface area contributed by atoms with E-state index in [-0.39, 0.29) is 0 Å². The lowest BCUT2D eigenvalue weighted by molar-refractivity contribution is 0.324. The molecule has 0 saturated heterocycles. The van der Waals surface area contributed by atoms with E-state index in [9.17, 15) is 0 Å². The molecule has 0 fully saturated rings. The zero-order valence-corrected chi connectivity index (χ0v) is 16.3. The van der Waals surface area contributed by atoms with E-state index in [1.807, 2.05) is 18.2 Å². The zero-order valence-electron chi connectivity index (χ0n) is 16.3. The van der Waals surface area contributed by atoms with E-state index in [1.54, 1.807) is 39.7 Å². The Morgan fingerprint density at radius 3 is 2.29 bits per heavy atom. The Hall–Kier alpha value is -3.55. The molecule has 0 bridgehead atoms. The number of ether oxygens (including phenoxy) is 3. The van der Waals surface area contributed by atoms with Gasteiger partial charge < -0.3 is 24.8 Å². The minimum absolute atomic E-state index is 0.401. The Morgan fingerprint density at radius 1 is 0.929 bits per heavy atom. The number of hydrogen-bond acceptors (Lipinski definition) is 8. The van der Waals surface area contributed by atoms with Crippen LogP contribution < -0.4 is 24.8 Å². The van der Waals surface area contributed by atoms with E-state index < -0.39 is 0 Å². The van der Waals surface area contributed by atoms with Gasteiger partial charge in [0.25, 0.3) is 0 Å². The monoisotopic (exact) mass is 381 g/mol. The van der Waals surface area contributed by atoms with Crippen molar-refractivity contribution in [3.8, 4) is 17.2 Å². The van der Waals surface area contributed by atoms with Gasteiger partial charge in [-0.1, -0.05) is 25.1 Å². The number of anilines is 4. The molecular weight excluding hydrogens is 358 g/mol. The molecule has 0 spiro atoms. The van der Waals surface area contributed by atoms with Crippen LogP contribution in [0.5, 0.6) is 17.2 Å². The zero-order chi connectivity index (χ0) is 19.9. The van der Waals surface area contributed by atoms with Crippen LogP contribution in [0.15, 0.2) is 42.6 Å². The van der Waals surface area contributed by atoms with E-state index in [0.717, 1.165) is 17.8 Å². The third kappa shape index (κ3) is 4.22. The maximum atomic E-state index is 5.38. The highest BCUT2D eigenvalue weighted by atomic mass is 16.5. The number of nitrogens with zero attached hydrogens (tertiary/aromatic N) is 3. The maximum Gasteiger partial charge on any atom is 0.249 e. The topological polar surface area (TPSA) is 90.4 Å². The maximum absolute atomic E-state index is 5.38. The molecule has 146 valence electrons. The quantitative estimate of drug-likeness (QED) is 0.606. The standard InChI is InChI=1S/C20H23N5O3/c1-5-13-8-6-7-9-15(13)23-20-24-18(12-21-25-20)22-14-10-16(26-2)19(28-4)17(11-14)27-3/h6-12H,5H2,1-4H3,(H2,22,23,24,25). The van der Waals surface area contributed by atoms with Gasteiger partial charge in [0, 0.05) is 23.5 Å². The number of methoxy groups -OCH3 is 3. The summed E-state index contributed by atoms with van der Waals surface area (Å²) < 4.78 is 16.1. The van der Waals surface area contributed by atoms with Crippen LogP contribution in [0.25, 0.3) is 0 Å². The van der Waals surface area contributed by atoms with Gasteiger partial charge in [-0.3, -0.25) is 0 Å². The van der Waals surface area contributed by atoms with Gasteiger partial charge in [-0.05, 0) is 18.1 Å². The fourth-order valence-corrected chi connectivity index (χ4v) is 2.79. The van der Waals surface area contributed by atoms with Crippen molar-refractivity contribution in [2.75, 3.05) is 32.0 Å². The first-order valence-corrected chi connectivity index (χ1v) is 8.80. The molecule has 3 aromatic rings. The average molecular weight is 381 g/mol. The molecule has 8 nitrogen and oxygen atoms in total. The van der Waals surface area contributed by atoms with Gasteiger partial charge in [0.15, 0.2) is 17.3 Å². The van der Waals surface area contributed by atoms with E-state index in [0.29, 0.717) is 29.0 Å². The second-order valence-electron chi connectivity index (χ2n) is 5.84. The Balaban J connectivity index is 1.85. The summed E-state index contributed by atoms with van der Waals surface area (Å²) in [5.74, 6) is 2.54. The molecule has 0 amide bonds. The third-order valence-corrected chi connectivity index (χ3v) is 4.14. The second kappa shape index (κ2) is 8.90. The average Bonchev–Trinajstić information content (AvgIpc) is 2.73. The highest BCUT2D eigenvalue weighted by molar-refractivity contribution is 5.67. The molecule has 3 rings (SSSR count). The molecule has 28 heavy (non-hydrogen) atoms. The lowest BCUT2D eigenvalue weighted by Gasteiger charge is -2.15. The minimum atomic E-state index is 0.401. The number of rotatable bonds is 8. The van der Waals surface area contributed by atoms with Gasteiger partial charge in [0.1, 0.15) is 0 Å². The summed E-state index contributed by atoms with van der Waals surface area (Å²) in [4.78, 5) is 4.48. The molecule has 1 aromatic heterocycles. The summed E-state index contributed by atoms with van der Waals surface area (Å²) in [6.45, 7) is 2.10. The predicted octanol–water partition coefficient (Wildman–Crippen LogP) is 3.95. The van der Waals surface area contributed by atoms with Crippen molar-refractivity contribution in [3.05, 3.63) is 48.2 Å². The summed E-state index contributed by atoms with van der Waals surface area (Å²) in [5.41, 5.74) is 2.85. The van der Waals surface area contributed by atoms with Gasteiger partial charge >= 0.3 is 0 Å². The molecule has 8 heteroatoms. The molecule has 0 unspecified atom stereocenters. The summed E-state index contributed by atoms with van der Waals surface area (Å²) in [6.07, 6.45) is 2.44. The Bertz CT molecular complexity index is 924. The van der Waals surface area contributed by atoms with Gasteiger partial charge in [-0.25, -0.2) is 0 Å². The van der Waals surface area contributed by atoms with Crippen LogP contribution in [0, 0.1) is 0 Å². The fraction of sp³-hybridized carbons (Fsp3) is 0.250. The van der Waals surface area contributed by atoms with Crippen molar-refractivity contribution >= 4 is 23.1 Å². The number of para-hydroxylation sites is 1. The van der Waals surface area contributed by atoms with Crippen LogP contribution in [-0.4, -0.2) is 36.5 Å². The van der Waals surface area contributed by atoms with E-state index >= 15 is 0 Å². The van der Waals surface area contributed by atoms with Crippen LogP contribution in [0.2, 0.25) is 0 Å². The fourth-order valence-electron chi connectivity index (χ4n) is 2.79. The van der Waals surface area contributed by atoms with Crippen LogP contribution in [0.4, 0.5) is 23.1 Å². The van der Waals surface area contributed by atoms with Crippen molar-refractivity contribution in [1.82, 2.24) is 15.2 Å². The van der Waals surface area contributed by atoms with Gasteiger partial charge in [0.05, 0.1) is 27.5 Å². The van der Waals surface area contributed by atoms with Crippen molar-refractivity contribution in [3.63, 3.8) is 0 Å². The second-order valence-corrected chi connectivity index (χ2v) is 5.84. The molecule has 0 aliphatic rings. The molecule has 2 aromatic carbocycles. The van der Waals surface area contributed by atoms with Crippen molar-refractivity contribution in [2.24, 2.45) is 0 Å². The molecule has 0 saturated carbocycles. The molecule has 1 heterocycles. The molecule has 0 aliphatic carbocycles. The SMILES string of the molecule is CCc1ccccc1Nc1nncc(Nc2cc(OC)c(OC)c(OC)c2)n1. The van der Waals surface area contributed by atoms with E-state index in [4.69, 9.17) is 14.2 Å². The van der Waals surface area contributed by atoms with E-state index in [2.05, 4.69) is 38.8 Å². The highest BCUT2D eigenvalue weighted by Gasteiger charge is 2.14. The molecule has 0 aliphatic heterocycles. The smallest absolute Gasteiger partial charge is 0.249 e. The van der Waals surface area contributed by atoms with Crippen LogP contribution in [0.1, 0.15) is 12.5 Å².